The summed E-state index contributed by atoms with van der Waals surface area (Å²) in [4.78, 5) is 2.34. The maximum atomic E-state index is 11.6. The highest BCUT2D eigenvalue weighted by atomic mass is 32.2. The molecule has 1 aliphatic heterocycles. The Hall–Kier alpha value is -0.880. The second-order valence-electron chi connectivity index (χ2n) is 4.26. The standard InChI is InChI=1S/C10H18N4OS/c1-3-13-5-4-6-14-9(8-13)7-10(12-14)16(2,11)15/h7,11H,3-6,8H2,1-2H3. The molecule has 1 N–H and O–H groups in total. The first kappa shape index (κ1) is 11.6. The zero-order chi connectivity index (χ0) is 11.8. The SMILES string of the molecule is CCN1CCCn2nc(S(C)(=N)=O)cc2C1. The van der Waals surface area contributed by atoms with Crippen LogP contribution in [0.4, 0.5) is 0 Å². The van der Waals surface area contributed by atoms with E-state index in [-0.39, 0.29) is 0 Å². The van der Waals surface area contributed by atoms with Crippen LogP contribution in [0.15, 0.2) is 11.1 Å². The Kier molecular flexibility index (Phi) is 3.03. The smallest absolute Gasteiger partial charge is 0.157 e. The first-order chi connectivity index (χ1) is 7.50. The van der Waals surface area contributed by atoms with E-state index in [1.54, 1.807) is 0 Å². The van der Waals surface area contributed by atoms with E-state index >= 15 is 0 Å². The van der Waals surface area contributed by atoms with Crippen molar-refractivity contribution >= 4 is 9.73 Å². The van der Waals surface area contributed by atoms with Gasteiger partial charge in [0.05, 0.1) is 15.4 Å². The summed E-state index contributed by atoms with van der Waals surface area (Å²) >= 11 is 0. The molecule has 1 unspecified atom stereocenters. The second-order valence-corrected chi connectivity index (χ2v) is 6.37. The summed E-state index contributed by atoms with van der Waals surface area (Å²) in [5.74, 6) is 0. The van der Waals surface area contributed by atoms with Crippen LogP contribution in [0.2, 0.25) is 0 Å². The molecule has 0 saturated carbocycles. The Bertz CT molecular complexity index is 477. The molecule has 0 bridgehead atoms. The van der Waals surface area contributed by atoms with Crippen LogP contribution in [-0.4, -0.2) is 38.2 Å². The van der Waals surface area contributed by atoms with Gasteiger partial charge < -0.3 is 0 Å². The van der Waals surface area contributed by atoms with E-state index in [2.05, 4.69) is 16.9 Å². The summed E-state index contributed by atoms with van der Waals surface area (Å²) in [5.41, 5.74) is 1.08. The molecule has 1 aromatic rings. The predicted octanol–water partition coefficient (Wildman–Crippen LogP) is 1.14. The van der Waals surface area contributed by atoms with E-state index in [9.17, 15) is 4.21 Å². The van der Waals surface area contributed by atoms with Crippen molar-refractivity contribution in [3.8, 4) is 0 Å². The Morgan fingerprint density at radius 2 is 2.31 bits per heavy atom. The fourth-order valence-electron chi connectivity index (χ4n) is 1.96. The molecule has 1 atom stereocenters. The number of aryl methyl sites for hydroxylation is 1. The molecule has 0 saturated heterocycles. The average Bonchev–Trinajstić information content (AvgIpc) is 2.51. The maximum absolute atomic E-state index is 11.6. The monoisotopic (exact) mass is 242 g/mol. The Morgan fingerprint density at radius 1 is 1.56 bits per heavy atom. The van der Waals surface area contributed by atoms with Crippen molar-refractivity contribution in [3.63, 3.8) is 0 Å². The zero-order valence-electron chi connectivity index (χ0n) is 9.77. The first-order valence-electron chi connectivity index (χ1n) is 5.53. The van der Waals surface area contributed by atoms with Gasteiger partial charge in [0.15, 0.2) is 5.03 Å². The van der Waals surface area contributed by atoms with Crippen LogP contribution >= 0.6 is 0 Å². The molecule has 6 heteroatoms. The second kappa shape index (κ2) is 4.18. The van der Waals surface area contributed by atoms with E-state index in [1.807, 2.05) is 10.7 Å². The van der Waals surface area contributed by atoms with E-state index in [1.165, 1.54) is 6.26 Å². The highest BCUT2D eigenvalue weighted by Gasteiger charge is 2.17. The van der Waals surface area contributed by atoms with Crippen molar-refractivity contribution in [1.82, 2.24) is 14.7 Å². The van der Waals surface area contributed by atoms with Crippen LogP contribution in [0.1, 0.15) is 19.0 Å². The Labute approximate surface area is 96.4 Å². The average molecular weight is 242 g/mol. The number of nitrogens with zero attached hydrogens (tertiary/aromatic N) is 3. The lowest BCUT2D eigenvalue weighted by Gasteiger charge is -2.15. The molecule has 0 amide bonds. The summed E-state index contributed by atoms with van der Waals surface area (Å²) in [7, 11) is -2.68. The summed E-state index contributed by atoms with van der Waals surface area (Å²) < 4.78 is 21.1. The zero-order valence-corrected chi connectivity index (χ0v) is 10.6. The van der Waals surface area contributed by atoms with Gasteiger partial charge in [0.25, 0.3) is 0 Å². The molecule has 2 heterocycles. The van der Waals surface area contributed by atoms with Crippen LogP contribution < -0.4 is 0 Å². The lowest BCUT2D eigenvalue weighted by molar-refractivity contribution is 0.284. The van der Waals surface area contributed by atoms with Gasteiger partial charge in [-0.05, 0) is 19.0 Å². The predicted molar refractivity (Wildman–Crippen MR) is 62.8 cm³/mol. The van der Waals surface area contributed by atoms with Crippen molar-refractivity contribution < 1.29 is 4.21 Å². The molecule has 90 valence electrons. The number of hydrogen-bond donors (Lipinski definition) is 1. The molecule has 16 heavy (non-hydrogen) atoms. The number of hydrogen-bond acceptors (Lipinski definition) is 4. The summed E-state index contributed by atoms with van der Waals surface area (Å²) in [6.45, 7) is 5.95. The van der Waals surface area contributed by atoms with Gasteiger partial charge >= 0.3 is 0 Å². The van der Waals surface area contributed by atoms with Crippen LogP contribution in [0.5, 0.6) is 0 Å². The molecule has 5 nitrogen and oxygen atoms in total. The Morgan fingerprint density at radius 3 is 2.94 bits per heavy atom. The summed E-state index contributed by atoms with van der Waals surface area (Å²) in [5, 5.41) is 4.69. The molecule has 0 aliphatic carbocycles. The van der Waals surface area contributed by atoms with Crippen LogP contribution in [0, 0.1) is 4.78 Å². The highest BCUT2D eigenvalue weighted by Crippen LogP contribution is 2.16. The third-order valence-electron chi connectivity index (χ3n) is 2.92. The molecule has 0 aromatic carbocycles. The van der Waals surface area contributed by atoms with Crippen molar-refractivity contribution in [2.24, 2.45) is 0 Å². The summed E-state index contributed by atoms with van der Waals surface area (Å²) in [6, 6.07) is 1.82. The number of nitrogens with one attached hydrogen (secondary N) is 1. The van der Waals surface area contributed by atoms with E-state index in [0.717, 1.165) is 38.3 Å². The van der Waals surface area contributed by atoms with Gasteiger partial charge in [-0.15, -0.1) is 0 Å². The van der Waals surface area contributed by atoms with Crippen LogP contribution in [0.25, 0.3) is 0 Å². The third kappa shape index (κ3) is 2.27. The van der Waals surface area contributed by atoms with Crippen molar-refractivity contribution in [2.45, 2.75) is 31.5 Å². The quantitative estimate of drug-likeness (QED) is 0.846. The van der Waals surface area contributed by atoms with Gasteiger partial charge in [-0.3, -0.25) is 9.58 Å². The molecule has 0 spiro atoms. The summed E-state index contributed by atoms with van der Waals surface area (Å²) in [6.07, 6.45) is 2.48. The number of aromatic nitrogens is 2. The van der Waals surface area contributed by atoms with Crippen LogP contribution in [-0.2, 0) is 22.8 Å². The minimum absolute atomic E-state index is 0.417. The number of fused-ring (bicyclic) bond motifs is 1. The van der Waals surface area contributed by atoms with Gasteiger partial charge in [-0.25, -0.2) is 8.99 Å². The van der Waals surface area contributed by atoms with Crippen molar-refractivity contribution in [1.29, 1.82) is 4.78 Å². The van der Waals surface area contributed by atoms with Gasteiger partial charge in [0.1, 0.15) is 0 Å². The van der Waals surface area contributed by atoms with Crippen LogP contribution in [0.3, 0.4) is 0 Å². The van der Waals surface area contributed by atoms with Crippen molar-refractivity contribution in [3.05, 3.63) is 11.8 Å². The lowest BCUT2D eigenvalue weighted by atomic mass is 10.3. The third-order valence-corrected chi connectivity index (χ3v) is 3.91. The normalized spacial score (nSPS) is 21.1. The Balaban J connectivity index is 2.34. The molecule has 0 fully saturated rings. The van der Waals surface area contributed by atoms with Gasteiger partial charge in [-0.2, -0.15) is 5.10 Å². The van der Waals surface area contributed by atoms with Gasteiger partial charge in [-0.1, -0.05) is 6.92 Å². The molecular formula is C10H18N4OS. The molecular weight excluding hydrogens is 224 g/mol. The van der Waals surface area contributed by atoms with E-state index in [0.29, 0.717) is 5.03 Å². The van der Waals surface area contributed by atoms with Gasteiger partial charge in [0, 0.05) is 25.9 Å². The molecule has 2 rings (SSSR count). The molecule has 1 aliphatic rings. The fourth-order valence-corrected chi connectivity index (χ4v) is 2.58. The van der Waals surface area contributed by atoms with E-state index < -0.39 is 9.73 Å². The number of rotatable bonds is 2. The highest BCUT2D eigenvalue weighted by molar-refractivity contribution is 7.91. The largest absolute Gasteiger partial charge is 0.298 e. The minimum atomic E-state index is -2.68. The minimum Gasteiger partial charge on any atom is -0.298 e. The van der Waals surface area contributed by atoms with E-state index in [4.69, 9.17) is 4.78 Å². The fraction of sp³-hybridized carbons (Fsp3) is 0.700. The maximum Gasteiger partial charge on any atom is 0.157 e. The topological polar surface area (TPSA) is 62.0 Å². The lowest BCUT2D eigenvalue weighted by Crippen LogP contribution is -2.22. The first-order valence-corrected chi connectivity index (χ1v) is 7.50. The molecule has 0 radical (unpaired) electrons. The molecule has 1 aromatic heterocycles. The van der Waals surface area contributed by atoms with Crippen molar-refractivity contribution in [2.75, 3.05) is 19.3 Å². The van der Waals surface area contributed by atoms with Gasteiger partial charge in [0.2, 0.25) is 0 Å².